The van der Waals surface area contributed by atoms with Crippen molar-refractivity contribution in [1.29, 1.82) is 0 Å². The van der Waals surface area contributed by atoms with Crippen molar-refractivity contribution in [3.05, 3.63) is 71.3 Å². The Morgan fingerprint density at radius 1 is 0.833 bits per heavy atom. The number of aromatic hydroxyl groups is 5. The number of aliphatic hydroxyl groups is 1. The highest BCUT2D eigenvalue weighted by atomic mass is 32.2. The highest BCUT2D eigenvalue weighted by Gasteiger charge is 2.41. The maximum Gasteiger partial charge on any atom is 0.200 e. The van der Waals surface area contributed by atoms with Crippen LogP contribution in [0.1, 0.15) is 28.0 Å². The fourth-order valence-corrected chi connectivity index (χ4v) is 4.82. The van der Waals surface area contributed by atoms with Crippen LogP contribution in [0.2, 0.25) is 0 Å². The van der Waals surface area contributed by atoms with Crippen LogP contribution in [0.15, 0.2) is 54.6 Å². The average Bonchev–Trinajstić information content (AvgIpc) is 2.71. The molecular formula is C22H20O7S. The molecule has 0 aromatic heterocycles. The lowest BCUT2D eigenvalue weighted by Crippen LogP contribution is -2.33. The van der Waals surface area contributed by atoms with E-state index in [0.29, 0.717) is 11.3 Å². The first-order valence-corrected chi connectivity index (χ1v) is 10.2. The second-order valence-electron chi connectivity index (χ2n) is 7.03. The molecule has 0 aliphatic carbocycles. The molecule has 30 heavy (non-hydrogen) atoms. The Kier molecular flexibility index (Phi) is 5.27. The Labute approximate surface area is 176 Å². The number of ether oxygens (including phenoxy) is 1. The number of hydrogen-bond donors (Lipinski definition) is 6. The first-order chi connectivity index (χ1) is 14.3. The normalized spacial score (nSPS) is 20.4. The molecule has 0 fully saturated rings. The summed E-state index contributed by atoms with van der Waals surface area (Å²) in [5.41, 5.74) is 1.61. The first-order valence-electron chi connectivity index (χ1n) is 9.16. The molecule has 3 atom stereocenters. The molecular weight excluding hydrogens is 408 g/mol. The van der Waals surface area contributed by atoms with E-state index in [1.165, 1.54) is 36.0 Å². The second kappa shape index (κ2) is 7.89. The van der Waals surface area contributed by atoms with E-state index in [2.05, 4.69) is 0 Å². The maximum absolute atomic E-state index is 11.1. The van der Waals surface area contributed by atoms with E-state index >= 15 is 0 Å². The summed E-state index contributed by atoms with van der Waals surface area (Å²) in [6.07, 6.45) is -2.19. The van der Waals surface area contributed by atoms with Gasteiger partial charge in [0.15, 0.2) is 23.4 Å². The highest BCUT2D eigenvalue weighted by Crippen LogP contribution is 2.53. The van der Waals surface area contributed by atoms with Gasteiger partial charge in [0.25, 0.3) is 0 Å². The van der Waals surface area contributed by atoms with Crippen molar-refractivity contribution < 1.29 is 35.4 Å². The Morgan fingerprint density at radius 3 is 2.17 bits per heavy atom. The molecule has 3 aromatic rings. The highest BCUT2D eigenvalue weighted by molar-refractivity contribution is 7.98. The molecule has 1 aliphatic heterocycles. The maximum atomic E-state index is 11.1. The average molecular weight is 428 g/mol. The van der Waals surface area contributed by atoms with Gasteiger partial charge in [-0.3, -0.25) is 0 Å². The number of benzene rings is 3. The first kappa shape index (κ1) is 20.1. The number of aliphatic hydroxyl groups excluding tert-OH is 1. The van der Waals surface area contributed by atoms with E-state index < -0.39 is 34.7 Å². The summed E-state index contributed by atoms with van der Waals surface area (Å²) in [6.45, 7) is 0. The van der Waals surface area contributed by atoms with Crippen molar-refractivity contribution in [2.75, 3.05) is 0 Å². The molecule has 4 rings (SSSR count). The third kappa shape index (κ3) is 3.67. The second-order valence-corrected chi connectivity index (χ2v) is 8.16. The van der Waals surface area contributed by atoms with Crippen molar-refractivity contribution >= 4 is 11.8 Å². The van der Waals surface area contributed by atoms with Gasteiger partial charge in [-0.05, 0) is 17.7 Å². The number of hydrogen-bond acceptors (Lipinski definition) is 8. The van der Waals surface area contributed by atoms with Gasteiger partial charge in [-0.2, -0.15) is 0 Å². The third-order valence-corrected chi connectivity index (χ3v) is 6.33. The number of phenols is 5. The predicted octanol–water partition coefficient (Wildman–Crippen LogP) is 3.68. The lowest BCUT2D eigenvalue weighted by molar-refractivity contribution is 0.0173. The molecule has 1 unspecified atom stereocenters. The molecule has 3 aromatic carbocycles. The fourth-order valence-electron chi connectivity index (χ4n) is 3.51. The number of fused-ring (bicyclic) bond motifs is 1. The van der Waals surface area contributed by atoms with Gasteiger partial charge in [-0.15, -0.1) is 11.8 Å². The van der Waals surface area contributed by atoms with Crippen molar-refractivity contribution in [3.8, 4) is 34.5 Å². The number of phenolic OH excluding ortho intramolecular Hbond substituents is 5. The molecule has 6 N–H and O–H groups in total. The van der Waals surface area contributed by atoms with Gasteiger partial charge in [-0.1, -0.05) is 30.3 Å². The Balaban J connectivity index is 1.74. The molecule has 0 bridgehead atoms. The van der Waals surface area contributed by atoms with E-state index in [1.54, 1.807) is 0 Å². The zero-order chi connectivity index (χ0) is 21.4. The van der Waals surface area contributed by atoms with Crippen LogP contribution in [0.25, 0.3) is 0 Å². The summed E-state index contributed by atoms with van der Waals surface area (Å²) in [4.78, 5) is 0. The van der Waals surface area contributed by atoms with Crippen molar-refractivity contribution in [1.82, 2.24) is 0 Å². The quantitative estimate of drug-likeness (QED) is 0.347. The lowest BCUT2D eigenvalue weighted by Gasteiger charge is -2.37. The molecule has 0 spiro atoms. The van der Waals surface area contributed by atoms with E-state index in [0.717, 1.165) is 5.56 Å². The fraction of sp³-hybridized carbons (Fsp3) is 0.182. The van der Waals surface area contributed by atoms with Crippen LogP contribution in [0.5, 0.6) is 34.5 Å². The molecule has 0 saturated heterocycles. The molecule has 8 heteroatoms. The largest absolute Gasteiger partial charge is 0.508 e. The van der Waals surface area contributed by atoms with Gasteiger partial charge in [0, 0.05) is 23.4 Å². The topological polar surface area (TPSA) is 131 Å². The van der Waals surface area contributed by atoms with E-state index in [4.69, 9.17) is 4.74 Å². The van der Waals surface area contributed by atoms with Crippen molar-refractivity contribution in [3.63, 3.8) is 0 Å². The summed E-state index contributed by atoms with van der Waals surface area (Å²) < 4.78 is 5.84. The zero-order valence-corrected chi connectivity index (χ0v) is 16.5. The minimum Gasteiger partial charge on any atom is -0.508 e. The standard InChI is InChI=1S/C22H20O7S/c23-13-8-14(24)18-17(9-13)29-21(12-6-15(25)19(27)16(26)7-12)20(28)22(18)30-10-11-4-2-1-3-5-11/h1-9,20-28H,10H2/t20-,21+,22?/m0/s1. The van der Waals surface area contributed by atoms with Gasteiger partial charge in [0.05, 0.1) is 10.8 Å². The summed E-state index contributed by atoms with van der Waals surface area (Å²) >= 11 is 1.39. The van der Waals surface area contributed by atoms with Crippen LogP contribution in [-0.2, 0) is 5.75 Å². The zero-order valence-electron chi connectivity index (χ0n) is 15.6. The smallest absolute Gasteiger partial charge is 0.200 e. The Bertz CT molecular complexity index is 1050. The summed E-state index contributed by atoms with van der Waals surface area (Å²) in [7, 11) is 0. The van der Waals surface area contributed by atoms with E-state index in [9.17, 15) is 30.6 Å². The SMILES string of the molecule is Oc1cc(O)c2c(c1)O[C@H](c1cc(O)c(O)c(O)c1)[C@H](O)C2SCc1ccccc1. The van der Waals surface area contributed by atoms with Crippen LogP contribution < -0.4 is 4.74 Å². The summed E-state index contributed by atoms with van der Waals surface area (Å²) in [5.74, 6) is -1.47. The van der Waals surface area contributed by atoms with Crippen molar-refractivity contribution in [2.24, 2.45) is 0 Å². The monoisotopic (exact) mass is 428 g/mol. The van der Waals surface area contributed by atoms with Gasteiger partial charge in [-0.25, -0.2) is 0 Å². The number of rotatable bonds is 4. The molecule has 0 radical (unpaired) electrons. The molecule has 0 saturated carbocycles. The molecule has 1 aliphatic rings. The predicted molar refractivity (Wildman–Crippen MR) is 111 cm³/mol. The number of thioether (sulfide) groups is 1. The minimum absolute atomic E-state index is 0.181. The van der Waals surface area contributed by atoms with Gasteiger partial charge < -0.3 is 35.4 Å². The van der Waals surface area contributed by atoms with Crippen LogP contribution in [0.3, 0.4) is 0 Å². The molecule has 156 valence electrons. The van der Waals surface area contributed by atoms with Crippen LogP contribution in [-0.4, -0.2) is 36.7 Å². The summed E-state index contributed by atoms with van der Waals surface area (Å²) in [5, 5.41) is 60.1. The van der Waals surface area contributed by atoms with Crippen LogP contribution >= 0.6 is 11.8 Å². The van der Waals surface area contributed by atoms with Gasteiger partial charge >= 0.3 is 0 Å². The minimum atomic E-state index is -1.16. The third-order valence-electron chi connectivity index (χ3n) is 4.96. The van der Waals surface area contributed by atoms with Gasteiger partial charge in [0.2, 0.25) is 0 Å². The summed E-state index contributed by atoms with van der Waals surface area (Å²) in [6, 6.07) is 14.5. The van der Waals surface area contributed by atoms with E-state index in [1.807, 2.05) is 30.3 Å². The Hall–Kier alpha value is -3.23. The van der Waals surface area contributed by atoms with E-state index in [-0.39, 0.29) is 22.8 Å². The molecule has 7 nitrogen and oxygen atoms in total. The molecule has 1 heterocycles. The lowest BCUT2D eigenvalue weighted by atomic mass is 9.93. The Morgan fingerprint density at radius 2 is 1.50 bits per heavy atom. The molecule has 0 amide bonds. The van der Waals surface area contributed by atoms with Crippen molar-refractivity contribution in [2.45, 2.75) is 23.2 Å². The van der Waals surface area contributed by atoms with Crippen LogP contribution in [0, 0.1) is 0 Å². The van der Waals surface area contributed by atoms with Crippen LogP contribution in [0.4, 0.5) is 0 Å². The van der Waals surface area contributed by atoms with Gasteiger partial charge in [0.1, 0.15) is 23.4 Å².